The number of aliphatic carboxylic acids is 1. The van der Waals surface area contributed by atoms with E-state index in [1.807, 2.05) is 0 Å². The largest absolute Gasteiger partial charge is 0.480 e. The van der Waals surface area contributed by atoms with Crippen LogP contribution < -0.4 is 16.4 Å². The van der Waals surface area contributed by atoms with E-state index in [4.69, 9.17) is 10.8 Å². The van der Waals surface area contributed by atoms with Crippen LogP contribution in [0.2, 0.25) is 0 Å². The average Bonchev–Trinajstić information content (AvgIpc) is 2.22. The predicted molar refractivity (Wildman–Crippen MR) is 63.8 cm³/mol. The first kappa shape index (κ1) is 14.3. The Bertz CT molecular complexity index is 339. The minimum absolute atomic E-state index is 0.294. The summed E-state index contributed by atoms with van der Waals surface area (Å²) in [5, 5.41) is 14.1. The van der Waals surface area contributed by atoms with Crippen molar-refractivity contribution in [1.29, 1.82) is 0 Å². The number of urea groups is 1. The van der Waals surface area contributed by atoms with Crippen molar-refractivity contribution in [3.05, 3.63) is 0 Å². The summed E-state index contributed by atoms with van der Waals surface area (Å²) in [5.74, 6) is -1.35. The molecule has 7 heteroatoms. The number of primary amides is 1. The SMILES string of the molecule is NC(=O)CCCCNC(=O)NC1(C(=O)O)CCC1. The number of rotatable bonds is 7. The lowest BCUT2D eigenvalue weighted by molar-refractivity contribution is -0.148. The van der Waals surface area contributed by atoms with Crippen molar-refractivity contribution in [3.63, 3.8) is 0 Å². The van der Waals surface area contributed by atoms with Crippen LogP contribution in [-0.4, -0.2) is 35.1 Å². The van der Waals surface area contributed by atoms with Crippen LogP contribution in [0.5, 0.6) is 0 Å². The standard InChI is InChI=1S/C11H19N3O4/c12-8(15)4-1-2-7-13-10(18)14-11(9(16)17)5-3-6-11/h1-7H2,(H2,12,15)(H,16,17)(H2,13,14,18). The zero-order valence-corrected chi connectivity index (χ0v) is 10.2. The molecule has 1 rings (SSSR count). The van der Waals surface area contributed by atoms with E-state index in [1.165, 1.54) is 0 Å². The maximum atomic E-state index is 11.5. The summed E-state index contributed by atoms with van der Waals surface area (Å²) >= 11 is 0. The molecule has 1 aliphatic rings. The zero-order valence-electron chi connectivity index (χ0n) is 10.2. The second-order valence-corrected chi connectivity index (χ2v) is 4.55. The van der Waals surface area contributed by atoms with Gasteiger partial charge in [0, 0.05) is 13.0 Å². The first-order chi connectivity index (χ1) is 8.46. The summed E-state index contributed by atoms with van der Waals surface area (Å²) in [6.45, 7) is 0.398. The molecule has 3 amide bonds. The van der Waals surface area contributed by atoms with E-state index in [9.17, 15) is 14.4 Å². The van der Waals surface area contributed by atoms with Crippen molar-refractivity contribution < 1.29 is 19.5 Å². The molecule has 0 spiro atoms. The third-order valence-electron chi connectivity index (χ3n) is 3.10. The van der Waals surface area contributed by atoms with Gasteiger partial charge in [-0.25, -0.2) is 9.59 Å². The molecule has 0 radical (unpaired) electrons. The molecular formula is C11H19N3O4. The molecule has 0 heterocycles. The molecule has 5 N–H and O–H groups in total. The monoisotopic (exact) mass is 257 g/mol. The minimum Gasteiger partial charge on any atom is -0.480 e. The number of carbonyl (C=O) groups is 3. The van der Waals surface area contributed by atoms with E-state index in [0.29, 0.717) is 38.6 Å². The molecule has 1 aliphatic carbocycles. The van der Waals surface area contributed by atoms with Gasteiger partial charge in [0.25, 0.3) is 0 Å². The summed E-state index contributed by atoms with van der Waals surface area (Å²) in [6, 6.07) is -0.476. The molecule has 102 valence electrons. The number of hydrogen-bond acceptors (Lipinski definition) is 3. The number of amides is 3. The lowest BCUT2D eigenvalue weighted by Crippen LogP contribution is -2.61. The Morgan fingerprint density at radius 1 is 1.22 bits per heavy atom. The topological polar surface area (TPSA) is 122 Å². The van der Waals surface area contributed by atoms with Crippen LogP contribution in [0.15, 0.2) is 0 Å². The molecule has 7 nitrogen and oxygen atoms in total. The van der Waals surface area contributed by atoms with Gasteiger partial charge in [0.2, 0.25) is 5.91 Å². The lowest BCUT2D eigenvalue weighted by Gasteiger charge is -2.38. The van der Waals surface area contributed by atoms with Gasteiger partial charge in [-0.05, 0) is 32.1 Å². The van der Waals surface area contributed by atoms with Gasteiger partial charge in [0.15, 0.2) is 0 Å². The van der Waals surface area contributed by atoms with Crippen molar-refractivity contribution in [3.8, 4) is 0 Å². The number of carbonyl (C=O) groups excluding carboxylic acids is 2. The fourth-order valence-electron chi connectivity index (χ4n) is 1.81. The molecule has 0 unspecified atom stereocenters. The van der Waals surface area contributed by atoms with Gasteiger partial charge in [0.05, 0.1) is 0 Å². The van der Waals surface area contributed by atoms with Crippen molar-refractivity contribution in [2.75, 3.05) is 6.54 Å². The highest BCUT2D eigenvalue weighted by atomic mass is 16.4. The van der Waals surface area contributed by atoms with E-state index < -0.39 is 17.5 Å². The summed E-state index contributed by atoms with van der Waals surface area (Å²) in [7, 11) is 0. The minimum atomic E-state index is -1.09. The molecular weight excluding hydrogens is 238 g/mol. The Balaban J connectivity index is 2.17. The van der Waals surface area contributed by atoms with Crippen LogP contribution in [0.1, 0.15) is 38.5 Å². The maximum absolute atomic E-state index is 11.5. The normalized spacial score (nSPS) is 16.4. The number of hydrogen-bond donors (Lipinski definition) is 4. The zero-order chi connectivity index (χ0) is 13.6. The Hall–Kier alpha value is -1.79. The van der Waals surface area contributed by atoms with Crippen molar-refractivity contribution in [2.24, 2.45) is 5.73 Å². The number of nitrogens with two attached hydrogens (primary N) is 1. The van der Waals surface area contributed by atoms with Gasteiger partial charge in [-0.15, -0.1) is 0 Å². The average molecular weight is 257 g/mol. The van der Waals surface area contributed by atoms with E-state index in [2.05, 4.69) is 10.6 Å². The predicted octanol–water partition coefficient (Wildman–Crippen LogP) is -0.0515. The number of carboxylic acid groups (broad SMARTS) is 1. The van der Waals surface area contributed by atoms with E-state index in [1.54, 1.807) is 0 Å². The lowest BCUT2D eigenvalue weighted by atomic mass is 9.77. The second-order valence-electron chi connectivity index (χ2n) is 4.55. The van der Waals surface area contributed by atoms with Crippen LogP contribution in [0, 0.1) is 0 Å². The Labute approximate surface area is 105 Å². The Kier molecular flexibility index (Phi) is 4.94. The van der Waals surface area contributed by atoms with Crippen LogP contribution >= 0.6 is 0 Å². The van der Waals surface area contributed by atoms with E-state index >= 15 is 0 Å². The van der Waals surface area contributed by atoms with Crippen LogP contribution in [0.4, 0.5) is 4.79 Å². The number of nitrogens with one attached hydrogen (secondary N) is 2. The number of carboxylic acids is 1. The molecule has 0 aromatic carbocycles. The fraction of sp³-hybridized carbons (Fsp3) is 0.727. The summed E-state index contributed by atoms with van der Waals surface area (Å²) < 4.78 is 0. The van der Waals surface area contributed by atoms with Crippen molar-refractivity contribution in [2.45, 2.75) is 44.1 Å². The fourth-order valence-corrected chi connectivity index (χ4v) is 1.81. The maximum Gasteiger partial charge on any atom is 0.329 e. The van der Waals surface area contributed by atoms with Crippen LogP contribution in [-0.2, 0) is 9.59 Å². The molecule has 18 heavy (non-hydrogen) atoms. The molecule has 0 bridgehead atoms. The van der Waals surface area contributed by atoms with Gasteiger partial charge >= 0.3 is 12.0 Å². The summed E-state index contributed by atoms with van der Waals surface area (Å²) in [5.41, 5.74) is 3.89. The highest BCUT2D eigenvalue weighted by molar-refractivity contribution is 5.87. The summed E-state index contributed by atoms with van der Waals surface area (Å²) in [4.78, 5) is 32.9. The molecule has 0 aliphatic heterocycles. The van der Waals surface area contributed by atoms with Gasteiger partial charge in [-0.3, -0.25) is 4.79 Å². The first-order valence-corrected chi connectivity index (χ1v) is 6.04. The van der Waals surface area contributed by atoms with Crippen LogP contribution in [0.25, 0.3) is 0 Å². The van der Waals surface area contributed by atoms with Crippen LogP contribution in [0.3, 0.4) is 0 Å². The third-order valence-corrected chi connectivity index (χ3v) is 3.10. The van der Waals surface area contributed by atoms with Gasteiger partial charge in [-0.1, -0.05) is 0 Å². The van der Waals surface area contributed by atoms with Gasteiger partial charge in [0.1, 0.15) is 5.54 Å². The van der Waals surface area contributed by atoms with Gasteiger partial charge < -0.3 is 21.5 Å². The smallest absolute Gasteiger partial charge is 0.329 e. The highest BCUT2D eigenvalue weighted by Crippen LogP contribution is 2.31. The highest BCUT2D eigenvalue weighted by Gasteiger charge is 2.45. The van der Waals surface area contributed by atoms with E-state index in [-0.39, 0.29) is 5.91 Å². The van der Waals surface area contributed by atoms with Crippen molar-refractivity contribution >= 4 is 17.9 Å². The van der Waals surface area contributed by atoms with Gasteiger partial charge in [-0.2, -0.15) is 0 Å². The Morgan fingerprint density at radius 2 is 1.89 bits per heavy atom. The first-order valence-electron chi connectivity index (χ1n) is 6.04. The van der Waals surface area contributed by atoms with Crippen molar-refractivity contribution in [1.82, 2.24) is 10.6 Å². The molecule has 0 aromatic rings. The number of unbranched alkanes of at least 4 members (excludes halogenated alkanes) is 1. The van der Waals surface area contributed by atoms with E-state index in [0.717, 1.165) is 6.42 Å². The molecule has 0 saturated heterocycles. The quantitative estimate of drug-likeness (QED) is 0.477. The Morgan fingerprint density at radius 3 is 2.33 bits per heavy atom. The molecule has 0 aromatic heterocycles. The molecule has 1 saturated carbocycles. The second kappa shape index (κ2) is 6.23. The molecule has 0 atom stereocenters. The third kappa shape index (κ3) is 3.90. The molecule has 1 fully saturated rings. The summed E-state index contributed by atoms with van der Waals surface area (Å²) in [6.07, 6.45) is 3.29.